The summed E-state index contributed by atoms with van der Waals surface area (Å²) in [5, 5.41) is 1.81. The first-order valence-electron chi connectivity index (χ1n) is 8.15. The van der Waals surface area contributed by atoms with E-state index in [4.69, 9.17) is 14.6 Å². The van der Waals surface area contributed by atoms with Crippen LogP contribution in [0, 0.1) is 6.07 Å². The molecule has 0 aliphatic rings. The summed E-state index contributed by atoms with van der Waals surface area (Å²) in [6.45, 7) is 3.57. The molecule has 0 bridgehead atoms. The van der Waals surface area contributed by atoms with Crippen LogP contribution in [-0.2, 0) is 32.7 Å². The number of anilines is 1. The molecule has 0 unspecified atom stereocenters. The van der Waals surface area contributed by atoms with Crippen LogP contribution in [0.5, 0.6) is 5.75 Å². The van der Waals surface area contributed by atoms with Crippen LogP contribution in [-0.4, -0.2) is 23.5 Å². The number of rotatable bonds is 2. The second-order valence-corrected chi connectivity index (χ2v) is 5.38. The summed E-state index contributed by atoms with van der Waals surface area (Å²) in [5.41, 5.74) is 6.19. The number of benzene rings is 1. The summed E-state index contributed by atoms with van der Waals surface area (Å²) in [4.78, 5) is 14.8. The number of nitrogen functional groups attached to an aromatic ring is 1. The molecule has 3 N–H and O–H groups in total. The molecule has 1 heterocycles. The summed E-state index contributed by atoms with van der Waals surface area (Å²) in [5.74, 6) is 0.133. The van der Waals surface area contributed by atoms with E-state index in [-0.39, 0.29) is 44.0 Å². The molecule has 0 spiro atoms. The van der Waals surface area contributed by atoms with Crippen LogP contribution < -0.4 is 15.8 Å². The molecule has 1 amide bonds. The summed E-state index contributed by atoms with van der Waals surface area (Å²) in [6.07, 6.45) is 1.37. The summed E-state index contributed by atoms with van der Waals surface area (Å²) < 4.78 is 25.9. The minimum atomic E-state index is -2.48. The van der Waals surface area contributed by atoms with Crippen molar-refractivity contribution in [1.82, 2.24) is 10.3 Å². The van der Waals surface area contributed by atoms with Gasteiger partial charge in [-0.15, -0.1) is 6.07 Å². The average Bonchev–Trinajstić information content (AvgIpc) is 2.48. The fraction of sp³-hybridized carbons (Fsp3) is 0.294. The Hall–Kier alpha value is -1.46. The van der Waals surface area contributed by atoms with Crippen LogP contribution in [0.15, 0.2) is 42.6 Å². The van der Waals surface area contributed by atoms with Gasteiger partial charge in [0.2, 0.25) is 5.91 Å². The van der Waals surface area contributed by atoms with Crippen molar-refractivity contribution in [3.63, 3.8) is 0 Å². The molecule has 0 atom stereocenters. The van der Waals surface area contributed by atoms with Crippen molar-refractivity contribution in [2.45, 2.75) is 26.4 Å². The number of hydrogen-bond acceptors (Lipinski definition) is 4. The number of nitrogens with zero attached hydrogens (tertiary/aromatic N) is 1. The van der Waals surface area contributed by atoms with Gasteiger partial charge >= 0.3 is 0 Å². The first-order chi connectivity index (χ1) is 11.5. The molecule has 0 fully saturated rings. The molecule has 1 aromatic carbocycles. The van der Waals surface area contributed by atoms with E-state index in [0.717, 1.165) is 11.4 Å². The van der Waals surface area contributed by atoms with Crippen molar-refractivity contribution >= 4 is 11.6 Å². The number of aromatic nitrogens is 1. The topological polar surface area (TPSA) is 77.2 Å². The second-order valence-electron chi connectivity index (χ2n) is 5.38. The SMILES string of the molecule is CC(C)(C)Oc1ccc(N)cc1.[2H]C([2H])([2H])NC(=O)c1c[c-]ccn1.[Y]. The Bertz CT molecular complexity index is 672. The molecular weight excluding hydrogens is 367 g/mol. The number of carbonyl (C=O) groups excluding carboxylic acids is 1. The predicted molar refractivity (Wildman–Crippen MR) is 87.7 cm³/mol. The van der Waals surface area contributed by atoms with E-state index < -0.39 is 12.9 Å². The molecule has 0 aliphatic heterocycles. The molecule has 1 radical (unpaired) electrons. The standard InChI is InChI=1S/C10H15NO.C7H7N2O.Y/c1-10(2,3)12-9-6-4-8(11)5-7-9;1-8-7(10)6-4-2-3-5-9-6;/h4-7H,11H2,1-3H3;3-5H,1H3,(H,8,10);/q;-1;/i;1D3;. The van der Waals surface area contributed by atoms with Gasteiger partial charge in [-0.25, -0.2) is 0 Å². The number of ether oxygens (including phenoxy) is 1. The van der Waals surface area contributed by atoms with Crippen molar-refractivity contribution in [3.05, 3.63) is 54.4 Å². The predicted octanol–water partition coefficient (Wildman–Crippen LogP) is 2.68. The van der Waals surface area contributed by atoms with Gasteiger partial charge < -0.3 is 20.8 Å². The van der Waals surface area contributed by atoms with Crippen LogP contribution >= 0.6 is 0 Å². The van der Waals surface area contributed by atoms with Crippen LogP contribution in [0.3, 0.4) is 0 Å². The molecule has 121 valence electrons. The Labute approximate surface area is 167 Å². The number of carbonyl (C=O) groups is 1. The zero-order valence-corrected chi connectivity index (χ0v) is 16.3. The maximum Gasteiger partial charge on any atom is 0.212 e. The van der Waals surface area contributed by atoms with Crippen molar-refractivity contribution in [2.75, 3.05) is 12.7 Å². The van der Waals surface area contributed by atoms with Gasteiger partial charge in [0.25, 0.3) is 0 Å². The van der Waals surface area contributed by atoms with Crippen LogP contribution in [0.1, 0.15) is 35.4 Å². The first kappa shape index (κ1) is 16.4. The van der Waals surface area contributed by atoms with Gasteiger partial charge in [0.15, 0.2) is 0 Å². The Kier molecular flexibility index (Phi) is 7.38. The van der Waals surface area contributed by atoms with Gasteiger partial charge in [0.1, 0.15) is 11.4 Å². The zero-order chi connectivity index (χ0) is 19.1. The second kappa shape index (κ2) is 10.3. The van der Waals surface area contributed by atoms with E-state index in [1.165, 1.54) is 18.3 Å². The normalized spacial score (nSPS) is 12.2. The zero-order valence-electron chi connectivity index (χ0n) is 16.5. The van der Waals surface area contributed by atoms with Gasteiger partial charge in [0, 0.05) is 55.2 Å². The van der Waals surface area contributed by atoms with Crippen LogP contribution in [0.25, 0.3) is 0 Å². The average molecular weight is 392 g/mol. The summed E-state index contributed by atoms with van der Waals surface area (Å²) in [7, 11) is 0. The maximum atomic E-state index is 11.1. The fourth-order valence-electron chi connectivity index (χ4n) is 1.40. The quantitative estimate of drug-likeness (QED) is 0.609. The number of hydrogen-bond donors (Lipinski definition) is 2. The molecule has 0 saturated carbocycles. The Morgan fingerprint density at radius 1 is 1.35 bits per heavy atom. The van der Waals surface area contributed by atoms with E-state index in [1.807, 2.05) is 50.4 Å². The van der Waals surface area contributed by atoms with E-state index in [1.54, 1.807) is 0 Å². The smallest absolute Gasteiger partial charge is 0.212 e. The molecule has 0 saturated heterocycles. The molecule has 0 aliphatic carbocycles. The van der Waals surface area contributed by atoms with E-state index in [2.05, 4.69) is 11.1 Å². The monoisotopic (exact) mass is 392 g/mol. The van der Waals surface area contributed by atoms with Gasteiger partial charge in [-0.3, -0.25) is 4.79 Å². The molecule has 2 aromatic rings. The van der Waals surface area contributed by atoms with Gasteiger partial charge in [-0.2, -0.15) is 12.1 Å². The van der Waals surface area contributed by atoms with Gasteiger partial charge in [-0.1, -0.05) is 6.20 Å². The minimum absolute atomic E-state index is 0. The van der Waals surface area contributed by atoms with E-state index in [9.17, 15) is 4.79 Å². The Balaban J connectivity index is 0.000000464. The third-order valence-corrected chi connectivity index (χ3v) is 2.25. The third kappa shape index (κ3) is 9.31. The number of nitrogens with two attached hydrogens (primary N) is 1. The molecule has 6 heteroatoms. The summed E-state index contributed by atoms with van der Waals surface area (Å²) in [6, 6.07) is 12.9. The van der Waals surface area contributed by atoms with E-state index >= 15 is 0 Å². The molecule has 5 nitrogen and oxygen atoms in total. The molecule has 1 aromatic heterocycles. The largest absolute Gasteiger partial charge is 0.488 e. The first-order valence-corrected chi connectivity index (χ1v) is 6.65. The summed E-state index contributed by atoms with van der Waals surface area (Å²) >= 11 is 0. The molecule has 23 heavy (non-hydrogen) atoms. The van der Waals surface area contributed by atoms with Crippen LogP contribution in [0.4, 0.5) is 5.69 Å². The van der Waals surface area contributed by atoms with Crippen molar-refractivity contribution in [1.29, 1.82) is 0 Å². The van der Waals surface area contributed by atoms with Gasteiger partial charge in [-0.05, 0) is 45.0 Å². The number of amides is 1. The van der Waals surface area contributed by atoms with Crippen molar-refractivity contribution in [2.24, 2.45) is 0 Å². The maximum absolute atomic E-state index is 11.1. The Morgan fingerprint density at radius 3 is 2.48 bits per heavy atom. The van der Waals surface area contributed by atoms with Crippen molar-refractivity contribution < 1.29 is 46.4 Å². The van der Waals surface area contributed by atoms with Gasteiger partial charge in [0.05, 0.1) is 0 Å². The minimum Gasteiger partial charge on any atom is -0.488 e. The number of pyridine rings is 1. The number of nitrogens with one attached hydrogen (secondary N) is 1. The van der Waals surface area contributed by atoms with E-state index in [0.29, 0.717) is 0 Å². The Morgan fingerprint density at radius 2 is 2.00 bits per heavy atom. The molecular formula is C17H22N3O2Y-. The molecule has 2 rings (SSSR count). The fourth-order valence-corrected chi connectivity index (χ4v) is 1.40. The van der Waals surface area contributed by atoms with Crippen LogP contribution in [0.2, 0.25) is 0 Å². The third-order valence-electron chi connectivity index (χ3n) is 2.25. The van der Waals surface area contributed by atoms with Crippen molar-refractivity contribution in [3.8, 4) is 5.75 Å².